The molecule has 0 saturated carbocycles. The van der Waals surface area contributed by atoms with Gasteiger partial charge < -0.3 is 5.32 Å². The number of amides is 1. The van der Waals surface area contributed by atoms with Crippen molar-refractivity contribution in [1.29, 1.82) is 0 Å². The number of benzene rings is 2. The molecular formula is C19H15ClFN3O3. The Hall–Kier alpha value is -3.19. The summed E-state index contributed by atoms with van der Waals surface area (Å²) in [6, 6.07) is 10.5. The van der Waals surface area contributed by atoms with Crippen LogP contribution in [0.4, 0.5) is 10.1 Å². The molecule has 3 aromatic rings. The van der Waals surface area contributed by atoms with Crippen molar-refractivity contribution < 1.29 is 9.18 Å². The van der Waals surface area contributed by atoms with E-state index < -0.39 is 22.8 Å². The lowest BCUT2D eigenvalue weighted by molar-refractivity contribution is -0.116. The van der Waals surface area contributed by atoms with Crippen molar-refractivity contribution in [1.82, 2.24) is 9.13 Å². The van der Waals surface area contributed by atoms with E-state index in [4.69, 9.17) is 11.6 Å². The number of carbonyl (C=O) groups excluding carboxylic acids is 1. The summed E-state index contributed by atoms with van der Waals surface area (Å²) in [7, 11) is 0. The van der Waals surface area contributed by atoms with E-state index in [1.165, 1.54) is 30.6 Å². The predicted molar refractivity (Wildman–Crippen MR) is 101 cm³/mol. The van der Waals surface area contributed by atoms with Crippen LogP contribution < -0.4 is 16.4 Å². The topological polar surface area (TPSA) is 73.1 Å². The molecule has 1 N–H and O–H groups in total. The number of hydrogen-bond donors (Lipinski definition) is 1. The van der Waals surface area contributed by atoms with Crippen LogP contribution in [0.1, 0.15) is 5.56 Å². The lowest BCUT2D eigenvalue weighted by Crippen LogP contribution is -2.41. The first-order valence-electron chi connectivity index (χ1n) is 7.99. The fourth-order valence-corrected chi connectivity index (χ4v) is 2.78. The zero-order valence-corrected chi connectivity index (χ0v) is 15.0. The summed E-state index contributed by atoms with van der Waals surface area (Å²) in [5, 5.41) is 3.06. The van der Waals surface area contributed by atoms with Gasteiger partial charge in [0.15, 0.2) is 0 Å². The molecule has 0 saturated heterocycles. The van der Waals surface area contributed by atoms with Crippen LogP contribution in [-0.2, 0) is 11.3 Å². The molecule has 27 heavy (non-hydrogen) atoms. The average Bonchev–Trinajstić information content (AvgIpc) is 2.61. The van der Waals surface area contributed by atoms with Crippen LogP contribution in [-0.4, -0.2) is 15.0 Å². The Morgan fingerprint density at radius 3 is 2.63 bits per heavy atom. The minimum absolute atomic E-state index is 0.271. The van der Waals surface area contributed by atoms with Crippen LogP contribution in [0.2, 0.25) is 5.02 Å². The van der Waals surface area contributed by atoms with Gasteiger partial charge in [-0.15, -0.1) is 0 Å². The van der Waals surface area contributed by atoms with Crippen LogP contribution in [0.15, 0.2) is 64.4 Å². The molecule has 0 radical (unpaired) electrons. The number of rotatable bonds is 4. The summed E-state index contributed by atoms with van der Waals surface area (Å²) in [5.74, 6) is -1.01. The number of carbonyl (C=O) groups is 1. The van der Waals surface area contributed by atoms with Gasteiger partial charge in [-0.25, -0.2) is 4.39 Å². The summed E-state index contributed by atoms with van der Waals surface area (Å²) >= 11 is 5.86. The Kier molecular flexibility index (Phi) is 5.23. The Labute approximate surface area is 158 Å². The first-order chi connectivity index (χ1) is 12.8. The van der Waals surface area contributed by atoms with Crippen molar-refractivity contribution >= 4 is 23.2 Å². The van der Waals surface area contributed by atoms with Gasteiger partial charge in [-0.1, -0.05) is 23.7 Å². The van der Waals surface area contributed by atoms with Crippen LogP contribution in [0, 0.1) is 12.7 Å². The number of nitrogens with zero attached hydrogens (tertiary/aromatic N) is 2. The number of halogens is 2. The van der Waals surface area contributed by atoms with Crippen molar-refractivity contribution in [2.75, 3.05) is 5.32 Å². The number of aromatic nitrogens is 2. The SMILES string of the molecule is Cc1ccc(F)cc1-n1ccn(CC(=O)Nc2cccc(Cl)c2)c(=O)c1=O. The number of anilines is 1. The molecule has 0 spiro atoms. The molecule has 0 aliphatic heterocycles. The summed E-state index contributed by atoms with van der Waals surface area (Å²) < 4.78 is 15.5. The molecule has 1 heterocycles. The molecule has 1 amide bonds. The van der Waals surface area contributed by atoms with Crippen LogP contribution in [0.5, 0.6) is 0 Å². The Bertz CT molecular complexity index is 1140. The molecule has 0 fully saturated rings. The van der Waals surface area contributed by atoms with Gasteiger partial charge in [-0.05, 0) is 42.8 Å². The fraction of sp³-hybridized carbons (Fsp3) is 0.105. The zero-order chi connectivity index (χ0) is 19.6. The molecule has 3 rings (SSSR count). The summed E-state index contributed by atoms with van der Waals surface area (Å²) in [6.07, 6.45) is 2.64. The monoisotopic (exact) mass is 387 g/mol. The predicted octanol–water partition coefficient (Wildman–Crippen LogP) is 2.74. The Balaban J connectivity index is 1.87. The highest BCUT2D eigenvalue weighted by Gasteiger charge is 2.12. The summed E-state index contributed by atoms with van der Waals surface area (Å²) in [4.78, 5) is 36.9. The minimum Gasteiger partial charge on any atom is -0.324 e. The molecule has 0 unspecified atom stereocenters. The van der Waals surface area contributed by atoms with Gasteiger partial charge in [0, 0.05) is 23.1 Å². The average molecular weight is 388 g/mol. The summed E-state index contributed by atoms with van der Waals surface area (Å²) in [6.45, 7) is 1.36. The van der Waals surface area contributed by atoms with Crippen LogP contribution >= 0.6 is 11.6 Å². The van der Waals surface area contributed by atoms with Crippen molar-refractivity contribution in [2.24, 2.45) is 0 Å². The zero-order valence-electron chi connectivity index (χ0n) is 14.3. The second-order valence-corrected chi connectivity index (χ2v) is 6.33. The van der Waals surface area contributed by atoms with Crippen molar-refractivity contribution in [3.63, 3.8) is 0 Å². The normalized spacial score (nSPS) is 10.6. The van der Waals surface area contributed by atoms with Gasteiger partial charge in [0.25, 0.3) is 0 Å². The lowest BCUT2D eigenvalue weighted by atomic mass is 10.2. The quantitative estimate of drug-likeness (QED) is 0.699. The van der Waals surface area contributed by atoms with E-state index in [9.17, 15) is 18.8 Å². The van der Waals surface area contributed by atoms with Gasteiger partial charge in [-0.3, -0.25) is 23.5 Å². The maximum Gasteiger partial charge on any atom is 0.320 e. The van der Waals surface area contributed by atoms with E-state index in [1.807, 2.05) is 0 Å². The Morgan fingerprint density at radius 2 is 1.89 bits per heavy atom. The Morgan fingerprint density at radius 1 is 1.11 bits per heavy atom. The van der Waals surface area contributed by atoms with E-state index in [0.717, 1.165) is 9.13 Å². The van der Waals surface area contributed by atoms with Crippen LogP contribution in [0.25, 0.3) is 5.69 Å². The van der Waals surface area contributed by atoms with E-state index in [0.29, 0.717) is 16.3 Å². The molecule has 2 aromatic carbocycles. The lowest BCUT2D eigenvalue weighted by Gasteiger charge is -2.11. The molecule has 0 aliphatic rings. The minimum atomic E-state index is -0.887. The smallest absolute Gasteiger partial charge is 0.320 e. The van der Waals surface area contributed by atoms with Crippen molar-refractivity contribution in [3.8, 4) is 5.69 Å². The van der Waals surface area contributed by atoms with Crippen LogP contribution in [0.3, 0.4) is 0 Å². The van der Waals surface area contributed by atoms with Gasteiger partial charge in [0.2, 0.25) is 5.91 Å². The molecule has 8 heteroatoms. The largest absolute Gasteiger partial charge is 0.324 e. The maximum absolute atomic E-state index is 13.5. The summed E-state index contributed by atoms with van der Waals surface area (Å²) in [5.41, 5.74) is -0.379. The highest BCUT2D eigenvalue weighted by molar-refractivity contribution is 6.30. The second-order valence-electron chi connectivity index (χ2n) is 5.90. The van der Waals surface area contributed by atoms with Gasteiger partial charge in [0.05, 0.1) is 5.69 Å². The highest BCUT2D eigenvalue weighted by atomic mass is 35.5. The van der Waals surface area contributed by atoms with E-state index in [1.54, 1.807) is 31.2 Å². The van der Waals surface area contributed by atoms with Gasteiger partial charge in [-0.2, -0.15) is 0 Å². The molecule has 0 atom stereocenters. The van der Waals surface area contributed by atoms with Gasteiger partial charge in [0.1, 0.15) is 12.4 Å². The first kappa shape index (κ1) is 18.6. The second kappa shape index (κ2) is 7.59. The van der Waals surface area contributed by atoms with Gasteiger partial charge >= 0.3 is 11.1 Å². The van der Waals surface area contributed by atoms with E-state index >= 15 is 0 Å². The van der Waals surface area contributed by atoms with E-state index in [-0.39, 0.29) is 12.2 Å². The van der Waals surface area contributed by atoms with Crippen molar-refractivity contribution in [2.45, 2.75) is 13.5 Å². The maximum atomic E-state index is 13.5. The third-order valence-electron chi connectivity index (χ3n) is 3.91. The molecular weight excluding hydrogens is 373 g/mol. The third kappa shape index (κ3) is 4.15. The standard InChI is InChI=1S/C19H15ClFN3O3/c1-12-5-6-14(21)10-16(12)24-8-7-23(18(26)19(24)27)11-17(25)22-15-4-2-3-13(20)9-15/h2-10H,11H2,1H3,(H,22,25). The molecule has 1 aromatic heterocycles. The molecule has 0 bridgehead atoms. The highest BCUT2D eigenvalue weighted by Crippen LogP contribution is 2.15. The van der Waals surface area contributed by atoms with E-state index in [2.05, 4.69) is 5.32 Å². The molecule has 138 valence electrons. The third-order valence-corrected chi connectivity index (χ3v) is 4.15. The van der Waals surface area contributed by atoms with Crippen molar-refractivity contribution in [3.05, 3.63) is 92.0 Å². The number of aryl methyl sites for hydroxylation is 1. The number of nitrogens with one attached hydrogen (secondary N) is 1. The molecule has 0 aliphatic carbocycles. The number of hydrogen-bond acceptors (Lipinski definition) is 3. The fourth-order valence-electron chi connectivity index (χ4n) is 2.59. The first-order valence-corrected chi connectivity index (χ1v) is 8.37. The molecule has 6 nitrogen and oxygen atoms in total.